The largest absolute Gasteiger partial charge is 0.478 e. The van der Waals surface area contributed by atoms with Gasteiger partial charge in [-0.1, -0.05) is 78.0 Å². The molecular formula is C26H41N3O4. The molecule has 7 heteroatoms. The highest BCUT2D eigenvalue weighted by atomic mass is 16.4. The van der Waals surface area contributed by atoms with Crippen molar-refractivity contribution in [1.29, 1.82) is 0 Å². The van der Waals surface area contributed by atoms with Crippen molar-refractivity contribution in [2.24, 2.45) is 11.3 Å². The third kappa shape index (κ3) is 7.70. The minimum Gasteiger partial charge on any atom is -0.478 e. The van der Waals surface area contributed by atoms with Crippen LogP contribution in [-0.4, -0.2) is 60.0 Å². The van der Waals surface area contributed by atoms with Gasteiger partial charge in [-0.15, -0.1) is 0 Å². The molecule has 0 saturated heterocycles. The van der Waals surface area contributed by atoms with Gasteiger partial charge in [-0.3, -0.25) is 9.59 Å². The van der Waals surface area contributed by atoms with E-state index in [2.05, 4.69) is 10.6 Å². The van der Waals surface area contributed by atoms with Crippen LogP contribution in [0.5, 0.6) is 0 Å². The van der Waals surface area contributed by atoms with Gasteiger partial charge in [-0.05, 0) is 30.9 Å². The molecule has 7 nitrogen and oxygen atoms in total. The van der Waals surface area contributed by atoms with Crippen LogP contribution in [0.4, 0.5) is 0 Å². The summed E-state index contributed by atoms with van der Waals surface area (Å²) in [5, 5.41) is 15.4. The van der Waals surface area contributed by atoms with Crippen LogP contribution in [0.15, 0.2) is 42.0 Å². The van der Waals surface area contributed by atoms with Crippen LogP contribution in [0.25, 0.3) is 0 Å². The number of aliphatic carboxylic acids is 1. The Hall–Kier alpha value is -2.67. The minimum absolute atomic E-state index is 0.00673. The first kappa shape index (κ1) is 28.4. The number of hydrogen-bond acceptors (Lipinski definition) is 4. The molecule has 0 radical (unpaired) electrons. The third-order valence-corrected chi connectivity index (χ3v) is 6.05. The van der Waals surface area contributed by atoms with Crippen molar-refractivity contribution in [2.75, 3.05) is 14.1 Å². The molecule has 3 N–H and O–H groups in total. The van der Waals surface area contributed by atoms with E-state index in [0.29, 0.717) is 0 Å². The van der Waals surface area contributed by atoms with Crippen LogP contribution in [-0.2, 0) is 14.4 Å². The van der Waals surface area contributed by atoms with E-state index in [-0.39, 0.29) is 29.2 Å². The molecule has 2 amide bonds. The van der Waals surface area contributed by atoms with Gasteiger partial charge in [0.1, 0.15) is 6.04 Å². The maximum atomic E-state index is 13.6. The number of nitrogens with one attached hydrogen (secondary N) is 2. The van der Waals surface area contributed by atoms with Crippen molar-refractivity contribution in [3.05, 3.63) is 47.5 Å². The Bertz CT molecular complexity index is 843. The SMILES string of the molecule is CN[C@H](C(=O)N[C@H](C(=O)N(C)[C@H](C=C(C)C(=O)O)C(C)C)C(C)(C)C)[C@H](C)c1ccccc1. The first-order valence-electron chi connectivity index (χ1n) is 11.4. The summed E-state index contributed by atoms with van der Waals surface area (Å²) in [5.74, 6) is -1.64. The van der Waals surface area contributed by atoms with Gasteiger partial charge in [0.25, 0.3) is 0 Å². The predicted octanol–water partition coefficient (Wildman–Crippen LogP) is 3.42. The van der Waals surface area contributed by atoms with Gasteiger partial charge in [0.05, 0.1) is 12.1 Å². The lowest BCUT2D eigenvalue weighted by Gasteiger charge is -2.38. The zero-order chi connectivity index (χ0) is 25.5. The van der Waals surface area contributed by atoms with Crippen LogP contribution in [0.2, 0.25) is 0 Å². The van der Waals surface area contributed by atoms with Crippen LogP contribution >= 0.6 is 0 Å². The first-order chi connectivity index (χ1) is 15.2. The third-order valence-electron chi connectivity index (χ3n) is 6.05. The standard InChI is InChI=1S/C26H41N3O4/c1-16(2)20(15-17(3)25(32)33)29(9)24(31)22(26(5,6)7)28-23(30)21(27-8)18(4)19-13-11-10-12-14-19/h10-16,18,20-22,27H,1-9H3,(H,28,30)(H,32,33)/t18-,20-,21+,22-/m1/s1. The number of carboxylic acid groups (broad SMARTS) is 1. The maximum absolute atomic E-state index is 13.6. The number of carboxylic acids is 1. The number of rotatable bonds is 10. The number of hydrogen-bond donors (Lipinski definition) is 3. The van der Waals surface area contributed by atoms with E-state index in [1.165, 1.54) is 6.92 Å². The van der Waals surface area contributed by atoms with Gasteiger partial charge in [0.15, 0.2) is 0 Å². The molecule has 1 aromatic carbocycles. The monoisotopic (exact) mass is 459 g/mol. The fraction of sp³-hybridized carbons (Fsp3) is 0.577. The molecule has 184 valence electrons. The number of carbonyl (C=O) groups is 3. The van der Waals surface area contributed by atoms with E-state index in [9.17, 15) is 19.5 Å². The molecule has 0 aliphatic rings. The van der Waals surface area contributed by atoms with Gasteiger partial charge < -0.3 is 20.6 Å². The maximum Gasteiger partial charge on any atom is 0.331 e. The topological polar surface area (TPSA) is 98.7 Å². The van der Waals surface area contributed by atoms with Crippen LogP contribution in [0.1, 0.15) is 59.9 Å². The Morgan fingerprint density at radius 1 is 1.06 bits per heavy atom. The van der Waals surface area contributed by atoms with Crippen molar-refractivity contribution >= 4 is 17.8 Å². The molecule has 0 unspecified atom stereocenters. The first-order valence-corrected chi connectivity index (χ1v) is 11.4. The van der Waals surface area contributed by atoms with Gasteiger partial charge >= 0.3 is 5.97 Å². The van der Waals surface area contributed by atoms with Crippen molar-refractivity contribution < 1.29 is 19.5 Å². The van der Waals surface area contributed by atoms with Crippen molar-refractivity contribution in [3.8, 4) is 0 Å². The molecule has 0 heterocycles. The average Bonchev–Trinajstić information content (AvgIpc) is 2.74. The Morgan fingerprint density at radius 2 is 1.61 bits per heavy atom. The van der Waals surface area contributed by atoms with Crippen LogP contribution in [0.3, 0.4) is 0 Å². The van der Waals surface area contributed by atoms with E-state index in [4.69, 9.17) is 0 Å². The van der Waals surface area contributed by atoms with E-state index in [1.54, 1.807) is 25.1 Å². The fourth-order valence-corrected chi connectivity index (χ4v) is 3.87. The summed E-state index contributed by atoms with van der Waals surface area (Å²) in [5.41, 5.74) is 0.649. The normalized spacial score (nSPS) is 16.0. The van der Waals surface area contributed by atoms with Gasteiger partial charge in [0.2, 0.25) is 11.8 Å². The minimum atomic E-state index is -1.02. The fourth-order valence-electron chi connectivity index (χ4n) is 3.87. The van der Waals surface area contributed by atoms with Crippen molar-refractivity contribution in [3.63, 3.8) is 0 Å². The van der Waals surface area contributed by atoms with E-state index in [0.717, 1.165) is 5.56 Å². The summed E-state index contributed by atoms with van der Waals surface area (Å²) < 4.78 is 0. The summed E-state index contributed by atoms with van der Waals surface area (Å²) in [4.78, 5) is 39.8. The zero-order valence-electron chi connectivity index (χ0n) is 21.5. The second kappa shape index (κ2) is 12.0. The molecule has 0 fully saturated rings. The average molecular weight is 460 g/mol. The highest BCUT2D eigenvalue weighted by molar-refractivity contribution is 5.91. The predicted molar refractivity (Wildman–Crippen MR) is 132 cm³/mol. The van der Waals surface area contributed by atoms with E-state index < -0.39 is 29.5 Å². The van der Waals surface area contributed by atoms with Gasteiger partial charge in [0, 0.05) is 18.5 Å². The summed E-state index contributed by atoms with van der Waals surface area (Å²) >= 11 is 0. The Kier molecular flexibility index (Phi) is 10.3. The lowest BCUT2D eigenvalue weighted by molar-refractivity contribution is -0.140. The van der Waals surface area contributed by atoms with E-state index in [1.807, 2.05) is 71.9 Å². The van der Waals surface area contributed by atoms with Crippen molar-refractivity contribution in [1.82, 2.24) is 15.5 Å². The van der Waals surface area contributed by atoms with Crippen LogP contribution < -0.4 is 10.6 Å². The second-order valence-corrected chi connectivity index (χ2v) is 10.1. The molecule has 0 saturated carbocycles. The molecule has 1 aromatic rings. The zero-order valence-corrected chi connectivity index (χ0v) is 21.5. The lowest BCUT2D eigenvalue weighted by Crippen LogP contribution is -2.59. The molecule has 4 atom stereocenters. The van der Waals surface area contributed by atoms with Crippen LogP contribution in [0, 0.1) is 11.3 Å². The number of amides is 2. The lowest BCUT2D eigenvalue weighted by atomic mass is 9.84. The van der Waals surface area contributed by atoms with Gasteiger partial charge in [-0.2, -0.15) is 0 Å². The van der Waals surface area contributed by atoms with Crippen molar-refractivity contribution in [2.45, 2.75) is 72.5 Å². The summed E-state index contributed by atoms with van der Waals surface area (Å²) in [6, 6.07) is 8.04. The molecule has 0 aliphatic heterocycles. The molecular weight excluding hydrogens is 418 g/mol. The number of carbonyl (C=O) groups excluding carboxylic acids is 2. The van der Waals surface area contributed by atoms with Gasteiger partial charge in [-0.25, -0.2) is 4.79 Å². The quantitative estimate of drug-likeness (QED) is 0.466. The second-order valence-electron chi connectivity index (χ2n) is 10.1. The molecule has 1 rings (SSSR count). The molecule has 0 bridgehead atoms. The summed E-state index contributed by atoms with van der Waals surface area (Å²) in [6.45, 7) is 13.1. The summed E-state index contributed by atoms with van der Waals surface area (Å²) in [6.07, 6.45) is 1.60. The Morgan fingerprint density at radius 3 is 2.03 bits per heavy atom. The number of likely N-dealkylation sites (N-methyl/N-ethyl adjacent to an activating group) is 2. The molecule has 0 spiro atoms. The molecule has 0 aliphatic carbocycles. The number of benzene rings is 1. The smallest absolute Gasteiger partial charge is 0.331 e. The molecule has 33 heavy (non-hydrogen) atoms. The Labute approximate surface area is 198 Å². The summed E-state index contributed by atoms with van der Waals surface area (Å²) in [7, 11) is 3.39. The highest BCUT2D eigenvalue weighted by Crippen LogP contribution is 2.25. The Balaban J connectivity index is 3.20. The molecule has 0 aromatic heterocycles. The van der Waals surface area contributed by atoms with E-state index >= 15 is 0 Å². The number of nitrogens with zero attached hydrogens (tertiary/aromatic N) is 1. The highest BCUT2D eigenvalue weighted by Gasteiger charge is 2.38.